The van der Waals surface area contributed by atoms with Gasteiger partial charge in [-0.3, -0.25) is 4.79 Å². The highest BCUT2D eigenvalue weighted by molar-refractivity contribution is 6.34. The predicted molar refractivity (Wildman–Crippen MR) is 104 cm³/mol. The highest BCUT2D eigenvalue weighted by Crippen LogP contribution is 2.41. The number of hydrogen-bond donors (Lipinski definition) is 2. The molecular weight excluding hydrogens is 447 g/mol. The zero-order chi connectivity index (χ0) is 22.1. The molecule has 3 rings (SSSR count). The Balaban J connectivity index is 1.97. The van der Waals surface area contributed by atoms with Crippen LogP contribution in [0.3, 0.4) is 0 Å². The van der Waals surface area contributed by atoms with Gasteiger partial charge in [0.15, 0.2) is 0 Å². The zero-order valence-electron chi connectivity index (χ0n) is 15.5. The van der Waals surface area contributed by atoms with Crippen LogP contribution in [0.15, 0.2) is 36.5 Å². The number of benzene rings is 1. The topological polar surface area (TPSA) is 62.2 Å². The van der Waals surface area contributed by atoms with Crippen molar-refractivity contribution in [3.8, 4) is 0 Å². The predicted octanol–water partition coefficient (Wildman–Crippen LogP) is 5.52. The van der Waals surface area contributed by atoms with Gasteiger partial charge in [0.05, 0.1) is 22.2 Å². The first-order valence-corrected chi connectivity index (χ1v) is 9.91. The molecule has 0 saturated heterocycles. The molecule has 1 fully saturated rings. The summed E-state index contributed by atoms with van der Waals surface area (Å²) in [5.41, 5.74) is -2.91. The van der Waals surface area contributed by atoms with E-state index in [1.807, 2.05) is 0 Å². The van der Waals surface area contributed by atoms with E-state index in [4.69, 9.17) is 23.2 Å². The van der Waals surface area contributed by atoms with Gasteiger partial charge in [-0.05, 0) is 49.4 Å². The summed E-state index contributed by atoms with van der Waals surface area (Å²) < 4.78 is 53.0. The van der Waals surface area contributed by atoms with Crippen LogP contribution in [-0.2, 0) is 6.18 Å². The summed E-state index contributed by atoms with van der Waals surface area (Å²) in [5, 5.41) is 13.2. The molecule has 4 nitrogen and oxygen atoms in total. The fourth-order valence-electron chi connectivity index (χ4n) is 3.61. The number of carbonyl (C=O) groups excluding carboxylic acids is 1. The summed E-state index contributed by atoms with van der Waals surface area (Å²) >= 11 is 11.8. The Morgan fingerprint density at radius 2 is 1.90 bits per heavy atom. The number of aliphatic hydroxyl groups is 1. The summed E-state index contributed by atoms with van der Waals surface area (Å²) in [5.74, 6) is -0.994. The largest absolute Gasteiger partial charge is 0.417 e. The molecule has 1 amide bonds. The van der Waals surface area contributed by atoms with Gasteiger partial charge in [0.1, 0.15) is 11.9 Å². The van der Waals surface area contributed by atoms with E-state index in [1.54, 1.807) is 18.2 Å². The lowest BCUT2D eigenvalue weighted by Crippen LogP contribution is -2.48. The molecule has 30 heavy (non-hydrogen) atoms. The molecule has 0 spiro atoms. The van der Waals surface area contributed by atoms with Crippen LogP contribution < -0.4 is 5.32 Å². The van der Waals surface area contributed by atoms with E-state index >= 15 is 0 Å². The minimum atomic E-state index is -4.76. The van der Waals surface area contributed by atoms with Crippen LogP contribution in [-0.4, -0.2) is 27.8 Å². The molecule has 1 heterocycles. The average Bonchev–Trinajstić information content (AvgIpc) is 2.67. The molecule has 2 N–H and O–H groups in total. The Bertz CT molecular complexity index is 931. The summed E-state index contributed by atoms with van der Waals surface area (Å²) in [7, 11) is 0. The molecule has 1 aromatic carbocycles. The van der Waals surface area contributed by atoms with Crippen LogP contribution in [0.2, 0.25) is 10.0 Å². The molecule has 1 aliphatic rings. The van der Waals surface area contributed by atoms with Crippen LogP contribution in [0.4, 0.5) is 17.6 Å². The number of amides is 1. The van der Waals surface area contributed by atoms with Crippen molar-refractivity contribution < 1.29 is 27.5 Å². The summed E-state index contributed by atoms with van der Waals surface area (Å²) in [6.07, 6.45) is -4.72. The molecule has 162 valence electrons. The Labute approximate surface area is 180 Å². The molecule has 2 aromatic rings. The maximum absolute atomic E-state index is 13.6. The number of nitrogens with zero attached hydrogens (tertiary/aromatic N) is 1. The van der Waals surface area contributed by atoms with Crippen LogP contribution in [0.1, 0.15) is 53.3 Å². The van der Waals surface area contributed by atoms with Gasteiger partial charge in [-0.2, -0.15) is 13.2 Å². The summed E-state index contributed by atoms with van der Waals surface area (Å²) in [6.45, 7) is 0. The third kappa shape index (κ3) is 4.87. The second kappa shape index (κ2) is 8.69. The molecule has 1 saturated carbocycles. The van der Waals surface area contributed by atoms with Crippen molar-refractivity contribution in [2.24, 2.45) is 0 Å². The SMILES string of the molecule is O=C(NC(c1cccc(Cl)c1)[C@]1(O)CC[C@H](F)CC1)c1nccc(C(F)(F)F)c1Cl. The van der Waals surface area contributed by atoms with Crippen molar-refractivity contribution in [1.82, 2.24) is 10.3 Å². The first-order chi connectivity index (χ1) is 14.0. The minimum absolute atomic E-state index is 0.0510. The average molecular weight is 465 g/mol. The molecule has 1 unspecified atom stereocenters. The number of halogens is 6. The number of carbonyl (C=O) groups is 1. The molecule has 1 aliphatic carbocycles. The second-order valence-electron chi connectivity index (χ2n) is 7.26. The number of nitrogens with one attached hydrogen (secondary N) is 1. The van der Waals surface area contributed by atoms with Gasteiger partial charge in [-0.25, -0.2) is 9.37 Å². The molecular formula is C20H18Cl2F4N2O2. The molecule has 1 atom stereocenters. The van der Waals surface area contributed by atoms with Crippen LogP contribution in [0.5, 0.6) is 0 Å². The van der Waals surface area contributed by atoms with Crippen molar-refractivity contribution in [3.05, 3.63) is 63.4 Å². The Morgan fingerprint density at radius 3 is 2.50 bits per heavy atom. The van der Waals surface area contributed by atoms with Crippen LogP contribution in [0.25, 0.3) is 0 Å². The fourth-order valence-corrected chi connectivity index (χ4v) is 4.11. The van der Waals surface area contributed by atoms with Crippen molar-refractivity contribution in [2.45, 2.75) is 49.7 Å². The van der Waals surface area contributed by atoms with Crippen molar-refractivity contribution in [1.29, 1.82) is 0 Å². The van der Waals surface area contributed by atoms with Crippen molar-refractivity contribution in [2.75, 3.05) is 0 Å². The molecule has 10 heteroatoms. The smallest absolute Gasteiger partial charge is 0.387 e. The van der Waals surface area contributed by atoms with Gasteiger partial charge in [0.2, 0.25) is 0 Å². The molecule has 0 radical (unpaired) electrons. The van der Waals surface area contributed by atoms with Gasteiger partial charge in [-0.1, -0.05) is 35.3 Å². The van der Waals surface area contributed by atoms with E-state index in [-0.39, 0.29) is 25.7 Å². The Hall–Kier alpha value is -1.90. The van der Waals surface area contributed by atoms with E-state index in [9.17, 15) is 27.5 Å². The standard InChI is InChI=1S/C20H18Cl2F4N2O2/c21-12-3-1-2-11(10-12)17(19(30)7-4-13(23)5-8-19)28-18(29)16-15(22)14(6-9-27-16)20(24,25)26/h1-3,6,9-10,13,17,30H,4-5,7-8H2,(H,28,29)/t13-,17?,19-. The fraction of sp³-hybridized carbons (Fsp3) is 0.400. The Morgan fingerprint density at radius 1 is 1.23 bits per heavy atom. The summed E-state index contributed by atoms with van der Waals surface area (Å²) in [6, 6.07) is 5.95. The quantitative estimate of drug-likeness (QED) is 0.585. The van der Waals surface area contributed by atoms with E-state index in [0.717, 1.165) is 6.20 Å². The number of pyridine rings is 1. The second-order valence-corrected chi connectivity index (χ2v) is 8.07. The molecule has 0 aliphatic heterocycles. The van der Waals surface area contributed by atoms with Crippen LogP contribution in [0, 0.1) is 0 Å². The maximum Gasteiger partial charge on any atom is 0.417 e. The number of hydrogen-bond acceptors (Lipinski definition) is 3. The van der Waals surface area contributed by atoms with Gasteiger partial charge >= 0.3 is 6.18 Å². The third-order valence-electron chi connectivity index (χ3n) is 5.19. The highest BCUT2D eigenvalue weighted by Gasteiger charge is 2.43. The van der Waals surface area contributed by atoms with Gasteiger partial charge in [0.25, 0.3) is 5.91 Å². The Kier molecular flexibility index (Phi) is 6.60. The normalized spacial score (nSPS) is 23.1. The monoisotopic (exact) mass is 464 g/mol. The lowest BCUT2D eigenvalue weighted by Gasteiger charge is -2.40. The molecule has 0 bridgehead atoms. The zero-order valence-corrected chi connectivity index (χ0v) is 17.0. The number of rotatable bonds is 4. The minimum Gasteiger partial charge on any atom is -0.387 e. The lowest BCUT2D eigenvalue weighted by molar-refractivity contribution is -0.137. The van der Waals surface area contributed by atoms with Gasteiger partial charge in [0, 0.05) is 11.2 Å². The maximum atomic E-state index is 13.6. The van der Waals surface area contributed by atoms with E-state index in [0.29, 0.717) is 16.7 Å². The van der Waals surface area contributed by atoms with E-state index in [2.05, 4.69) is 10.3 Å². The first kappa shape index (κ1) is 22.8. The number of aromatic nitrogens is 1. The highest BCUT2D eigenvalue weighted by atomic mass is 35.5. The third-order valence-corrected chi connectivity index (χ3v) is 5.80. The van der Waals surface area contributed by atoms with E-state index in [1.165, 1.54) is 6.07 Å². The molecule has 1 aromatic heterocycles. The van der Waals surface area contributed by atoms with Gasteiger partial charge in [-0.15, -0.1) is 0 Å². The summed E-state index contributed by atoms with van der Waals surface area (Å²) in [4.78, 5) is 16.5. The van der Waals surface area contributed by atoms with Crippen molar-refractivity contribution in [3.63, 3.8) is 0 Å². The van der Waals surface area contributed by atoms with Gasteiger partial charge < -0.3 is 10.4 Å². The van der Waals surface area contributed by atoms with E-state index < -0.39 is 46.2 Å². The first-order valence-electron chi connectivity index (χ1n) is 9.16. The van der Waals surface area contributed by atoms with Crippen molar-refractivity contribution >= 4 is 29.1 Å². The van der Waals surface area contributed by atoms with Crippen LogP contribution >= 0.6 is 23.2 Å². The lowest BCUT2D eigenvalue weighted by atomic mass is 9.76. The number of alkyl halides is 4.